The summed E-state index contributed by atoms with van der Waals surface area (Å²) in [6.45, 7) is 8.25. The number of esters is 1. The molecule has 38 heavy (non-hydrogen) atoms. The Hall–Kier alpha value is -3.23. The molecule has 2 fully saturated rings. The third kappa shape index (κ3) is 6.42. The first kappa shape index (κ1) is 29.3. The van der Waals surface area contributed by atoms with Gasteiger partial charge in [0, 0.05) is 25.1 Å². The van der Waals surface area contributed by atoms with Gasteiger partial charge in [-0.25, -0.2) is 4.79 Å². The first-order chi connectivity index (χ1) is 18.1. The molecule has 0 aromatic carbocycles. The maximum Gasteiger partial charge on any atom is 0.334 e. The van der Waals surface area contributed by atoms with E-state index in [1.54, 1.807) is 11.8 Å². The highest BCUT2D eigenvalue weighted by atomic mass is 16.7. The van der Waals surface area contributed by atoms with Gasteiger partial charge in [-0.1, -0.05) is 42.2 Å². The summed E-state index contributed by atoms with van der Waals surface area (Å²) in [6, 6.07) is 0. The standard InChI is InChI=1S/C29H40N2O7/c1-5-37-28(36)29-17-9-7-6-8-13-23(29)30(18-16-21(4)12-10-11-20(2)3)27(35)22(29)19-26(34)38-31-24(32)14-15-25(31)33/h11,13,16,22H,5-10,12,14-15,17-19H2,1-4H3/b21-16+,23-13+/t22-,29-/m1/s1. The normalized spacial score (nSPS) is 25.4. The summed E-state index contributed by atoms with van der Waals surface area (Å²) < 4.78 is 5.51. The van der Waals surface area contributed by atoms with Crippen LogP contribution < -0.4 is 0 Å². The molecule has 0 unspecified atom stereocenters. The Morgan fingerprint density at radius 1 is 1.05 bits per heavy atom. The summed E-state index contributed by atoms with van der Waals surface area (Å²) in [4.78, 5) is 71.1. The van der Waals surface area contributed by atoms with Gasteiger partial charge in [0.2, 0.25) is 5.91 Å². The molecule has 3 rings (SSSR count). The number of hydroxylamine groups is 2. The van der Waals surface area contributed by atoms with Crippen molar-refractivity contribution >= 4 is 29.7 Å². The van der Waals surface area contributed by atoms with Gasteiger partial charge in [-0.05, 0) is 59.8 Å². The van der Waals surface area contributed by atoms with Crippen LogP contribution in [0.2, 0.25) is 0 Å². The fourth-order valence-corrected chi connectivity index (χ4v) is 5.46. The zero-order chi connectivity index (χ0) is 27.9. The average molecular weight is 529 g/mol. The van der Waals surface area contributed by atoms with E-state index in [2.05, 4.69) is 19.9 Å². The number of rotatable bonds is 10. The second-order valence-electron chi connectivity index (χ2n) is 10.5. The van der Waals surface area contributed by atoms with Crippen molar-refractivity contribution in [3.8, 4) is 0 Å². The second kappa shape index (κ2) is 13.0. The molecule has 208 valence electrons. The van der Waals surface area contributed by atoms with E-state index >= 15 is 0 Å². The van der Waals surface area contributed by atoms with Crippen molar-refractivity contribution in [2.75, 3.05) is 13.2 Å². The molecule has 1 aliphatic carbocycles. The number of amides is 3. The summed E-state index contributed by atoms with van der Waals surface area (Å²) in [7, 11) is 0. The lowest BCUT2D eigenvalue weighted by Crippen LogP contribution is -2.42. The van der Waals surface area contributed by atoms with Gasteiger partial charge in [0.15, 0.2) is 0 Å². The number of carbonyl (C=O) groups is 5. The van der Waals surface area contributed by atoms with Gasteiger partial charge in [-0.15, -0.1) is 5.06 Å². The van der Waals surface area contributed by atoms with Gasteiger partial charge in [0.1, 0.15) is 5.41 Å². The maximum atomic E-state index is 13.9. The number of fused-ring (bicyclic) bond motifs is 1. The third-order valence-electron chi connectivity index (χ3n) is 7.44. The van der Waals surface area contributed by atoms with Gasteiger partial charge in [0.05, 0.1) is 18.9 Å². The number of ether oxygens (including phenoxy) is 1. The predicted octanol–water partition coefficient (Wildman–Crippen LogP) is 4.53. The minimum absolute atomic E-state index is 0.0266. The minimum atomic E-state index is -1.32. The molecular weight excluding hydrogens is 488 g/mol. The summed E-state index contributed by atoms with van der Waals surface area (Å²) in [5.41, 5.74) is 1.63. The minimum Gasteiger partial charge on any atom is -0.465 e. The molecule has 0 aromatic rings. The smallest absolute Gasteiger partial charge is 0.334 e. The Bertz CT molecular complexity index is 1040. The van der Waals surface area contributed by atoms with E-state index in [-0.39, 0.29) is 31.9 Å². The second-order valence-corrected chi connectivity index (χ2v) is 10.5. The Balaban J connectivity index is 1.94. The third-order valence-corrected chi connectivity index (χ3v) is 7.44. The molecule has 2 saturated heterocycles. The van der Waals surface area contributed by atoms with E-state index in [0.717, 1.165) is 31.3 Å². The van der Waals surface area contributed by atoms with E-state index in [4.69, 9.17) is 9.57 Å². The molecule has 9 heteroatoms. The van der Waals surface area contributed by atoms with Crippen molar-refractivity contribution in [2.45, 2.75) is 91.9 Å². The lowest BCUT2D eigenvalue weighted by atomic mass is 9.69. The molecule has 2 aliphatic heterocycles. The van der Waals surface area contributed by atoms with Crippen LogP contribution in [0.3, 0.4) is 0 Å². The largest absolute Gasteiger partial charge is 0.465 e. The number of carbonyl (C=O) groups excluding carboxylic acids is 5. The molecule has 0 bridgehead atoms. The van der Waals surface area contributed by atoms with Crippen LogP contribution in [-0.2, 0) is 33.5 Å². The van der Waals surface area contributed by atoms with Crippen molar-refractivity contribution in [1.29, 1.82) is 0 Å². The Kier molecular flexibility index (Phi) is 10.1. The van der Waals surface area contributed by atoms with E-state index in [1.165, 1.54) is 5.57 Å². The number of allylic oxidation sites excluding steroid dienone is 4. The lowest BCUT2D eigenvalue weighted by Gasteiger charge is -2.34. The molecule has 0 radical (unpaired) electrons. The van der Waals surface area contributed by atoms with Crippen LogP contribution in [0.5, 0.6) is 0 Å². The SMILES string of the molecule is CCOC(=O)[C@@]12CCCCC/C=C\1N(C/C=C(\C)CCC=C(C)C)C(=O)[C@H]2CC(=O)ON1C(=O)CCC1=O. The molecule has 2 atom stereocenters. The van der Waals surface area contributed by atoms with Crippen molar-refractivity contribution in [3.05, 3.63) is 35.1 Å². The number of hydrogen-bond donors (Lipinski definition) is 0. The lowest BCUT2D eigenvalue weighted by molar-refractivity contribution is -0.199. The highest BCUT2D eigenvalue weighted by molar-refractivity contribution is 6.02. The van der Waals surface area contributed by atoms with Gasteiger partial charge in [-0.3, -0.25) is 19.2 Å². The number of likely N-dealkylation sites (tertiary alicyclic amines) is 1. The molecule has 0 N–H and O–H groups in total. The van der Waals surface area contributed by atoms with Crippen LogP contribution in [0, 0.1) is 11.3 Å². The molecule has 0 saturated carbocycles. The van der Waals surface area contributed by atoms with Crippen LogP contribution in [0.25, 0.3) is 0 Å². The Labute approximate surface area is 224 Å². The number of hydrogen-bond acceptors (Lipinski definition) is 7. The van der Waals surface area contributed by atoms with Gasteiger partial charge in [-0.2, -0.15) is 0 Å². The van der Waals surface area contributed by atoms with Crippen LogP contribution in [0.4, 0.5) is 0 Å². The Morgan fingerprint density at radius 3 is 2.42 bits per heavy atom. The maximum absolute atomic E-state index is 13.9. The van der Waals surface area contributed by atoms with E-state index in [9.17, 15) is 24.0 Å². The topological polar surface area (TPSA) is 110 Å². The molecule has 0 aromatic heterocycles. The summed E-state index contributed by atoms with van der Waals surface area (Å²) in [5.74, 6) is -4.01. The fraction of sp³-hybridized carbons (Fsp3) is 0.621. The van der Waals surface area contributed by atoms with Gasteiger partial charge in [0.25, 0.3) is 11.8 Å². The molecule has 9 nitrogen and oxygen atoms in total. The summed E-state index contributed by atoms with van der Waals surface area (Å²) in [5, 5.41) is 0.476. The van der Waals surface area contributed by atoms with Crippen molar-refractivity contribution in [1.82, 2.24) is 9.96 Å². The first-order valence-electron chi connectivity index (χ1n) is 13.7. The predicted molar refractivity (Wildman–Crippen MR) is 140 cm³/mol. The molecular formula is C29H40N2O7. The van der Waals surface area contributed by atoms with E-state index in [1.807, 2.05) is 19.1 Å². The molecule has 2 heterocycles. The van der Waals surface area contributed by atoms with Gasteiger partial charge < -0.3 is 14.5 Å². The molecule has 0 spiro atoms. The van der Waals surface area contributed by atoms with Crippen LogP contribution in [0.15, 0.2) is 35.1 Å². The van der Waals surface area contributed by atoms with Gasteiger partial charge >= 0.3 is 11.9 Å². The summed E-state index contributed by atoms with van der Waals surface area (Å²) in [6.07, 6.45) is 11.0. The zero-order valence-electron chi connectivity index (χ0n) is 23.0. The molecule has 3 amide bonds. The van der Waals surface area contributed by atoms with Crippen LogP contribution in [0.1, 0.15) is 91.9 Å². The van der Waals surface area contributed by atoms with Crippen LogP contribution >= 0.6 is 0 Å². The van der Waals surface area contributed by atoms with Crippen molar-refractivity contribution in [3.63, 3.8) is 0 Å². The van der Waals surface area contributed by atoms with Crippen molar-refractivity contribution < 1.29 is 33.5 Å². The molecule has 3 aliphatic rings. The number of imide groups is 1. The highest BCUT2D eigenvalue weighted by Crippen LogP contribution is 2.52. The monoisotopic (exact) mass is 528 g/mol. The highest BCUT2D eigenvalue weighted by Gasteiger charge is 2.61. The Morgan fingerprint density at radius 2 is 1.76 bits per heavy atom. The quantitative estimate of drug-likeness (QED) is 0.233. The zero-order valence-corrected chi connectivity index (χ0v) is 23.0. The average Bonchev–Trinajstić information content (AvgIpc) is 3.26. The summed E-state index contributed by atoms with van der Waals surface area (Å²) >= 11 is 0. The van der Waals surface area contributed by atoms with E-state index in [0.29, 0.717) is 30.0 Å². The van der Waals surface area contributed by atoms with E-state index < -0.39 is 41.5 Å². The fourth-order valence-electron chi connectivity index (χ4n) is 5.46. The van der Waals surface area contributed by atoms with Crippen molar-refractivity contribution in [2.24, 2.45) is 11.3 Å². The van der Waals surface area contributed by atoms with Crippen LogP contribution in [-0.4, -0.2) is 52.8 Å². The first-order valence-corrected chi connectivity index (χ1v) is 13.7. The number of nitrogens with zero attached hydrogens (tertiary/aromatic N) is 2.